The summed E-state index contributed by atoms with van der Waals surface area (Å²) in [6.45, 7) is 4.38. The molecule has 1 amide bonds. The van der Waals surface area contributed by atoms with E-state index in [9.17, 15) is 4.79 Å². The van der Waals surface area contributed by atoms with E-state index in [1.165, 1.54) is 5.57 Å². The van der Waals surface area contributed by atoms with Crippen LogP contribution in [0.3, 0.4) is 0 Å². The third kappa shape index (κ3) is 3.36. The van der Waals surface area contributed by atoms with Gasteiger partial charge in [-0.25, -0.2) is 0 Å². The Labute approximate surface area is 138 Å². The van der Waals surface area contributed by atoms with Crippen molar-refractivity contribution in [2.24, 2.45) is 0 Å². The smallest absolute Gasteiger partial charge is 0.252 e. The Morgan fingerprint density at radius 3 is 3.05 bits per heavy atom. The number of carbonyl (C=O) groups is 1. The highest BCUT2D eigenvalue weighted by atomic mass is 79.9. The number of pyridine rings is 1. The fourth-order valence-electron chi connectivity index (χ4n) is 2.64. The molecule has 0 bridgehead atoms. The van der Waals surface area contributed by atoms with Crippen molar-refractivity contribution >= 4 is 32.7 Å². The zero-order chi connectivity index (χ0) is 15.5. The number of hydrogen-bond donors (Lipinski definition) is 2. The molecule has 0 unspecified atom stereocenters. The summed E-state index contributed by atoms with van der Waals surface area (Å²) in [7, 11) is 0. The van der Waals surface area contributed by atoms with Crippen LogP contribution in [0, 0.1) is 6.92 Å². The molecule has 114 valence electrons. The number of carbonyl (C=O) groups excluding carboxylic acids is 1. The number of halogens is 1. The molecular formula is C17H18BrN3O. The lowest BCUT2D eigenvalue weighted by Crippen LogP contribution is -2.29. The van der Waals surface area contributed by atoms with Gasteiger partial charge < -0.3 is 10.6 Å². The number of nitrogens with one attached hydrogen (secondary N) is 2. The molecule has 1 aliphatic rings. The Morgan fingerprint density at radius 2 is 2.27 bits per heavy atom. The van der Waals surface area contributed by atoms with E-state index in [4.69, 9.17) is 0 Å². The molecule has 22 heavy (non-hydrogen) atoms. The van der Waals surface area contributed by atoms with Gasteiger partial charge in [0.2, 0.25) is 0 Å². The number of nitrogens with zero attached hydrogens (tertiary/aromatic N) is 1. The van der Waals surface area contributed by atoms with E-state index in [0.717, 1.165) is 40.6 Å². The van der Waals surface area contributed by atoms with Crippen LogP contribution in [0.25, 0.3) is 10.9 Å². The molecule has 0 spiro atoms. The summed E-state index contributed by atoms with van der Waals surface area (Å²) in [6, 6.07) is 7.66. The summed E-state index contributed by atoms with van der Waals surface area (Å²) in [4.78, 5) is 17.0. The van der Waals surface area contributed by atoms with Crippen LogP contribution < -0.4 is 10.6 Å². The summed E-state index contributed by atoms with van der Waals surface area (Å²) in [5.41, 5.74) is 3.65. The van der Waals surface area contributed by atoms with E-state index in [-0.39, 0.29) is 5.91 Å². The molecule has 0 atom stereocenters. The van der Waals surface area contributed by atoms with Gasteiger partial charge in [0.1, 0.15) is 0 Å². The average molecular weight is 360 g/mol. The molecule has 1 aliphatic heterocycles. The first kappa shape index (κ1) is 15.2. The molecule has 0 aliphatic carbocycles. The summed E-state index contributed by atoms with van der Waals surface area (Å²) < 4.78 is 0.962. The summed E-state index contributed by atoms with van der Waals surface area (Å²) in [6.07, 6.45) is 3.14. The lowest BCUT2D eigenvalue weighted by Gasteiger charge is -2.15. The Kier molecular flexibility index (Phi) is 4.55. The molecule has 0 saturated heterocycles. The second-order valence-electron chi connectivity index (χ2n) is 5.47. The van der Waals surface area contributed by atoms with Crippen molar-refractivity contribution in [1.29, 1.82) is 0 Å². The molecule has 1 aromatic heterocycles. The average Bonchev–Trinajstić information content (AvgIpc) is 2.52. The quantitative estimate of drug-likeness (QED) is 0.828. The second kappa shape index (κ2) is 6.58. The third-order valence-corrected chi connectivity index (χ3v) is 4.27. The number of rotatable bonds is 3. The highest BCUT2D eigenvalue weighted by Crippen LogP contribution is 2.22. The third-order valence-electron chi connectivity index (χ3n) is 3.78. The van der Waals surface area contributed by atoms with Crippen molar-refractivity contribution in [3.63, 3.8) is 0 Å². The molecule has 3 rings (SSSR count). The summed E-state index contributed by atoms with van der Waals surface area (Å²) >= 11 is 3.45. The van der Waals surface area contributed by atoms with E-state index in [2.05, 4.69) is 37.6 Å². The monoisotopic (exact) mass is 359 g/mol. The number of fused-ring (bicyclic) bond motifs is 1. The molecule has 4 nitrogen and oxygen atoms in total. The molecule has 5 heteroatoms. The predicted octanol–water partition coefficient (Wildman–Crippen LogP) is 2.96. The maximum absolute atomic E-state index is 12.5. The van der Waals surface area contributed by atoms with Gasteiger partial charge >= 0.3 is 0 Å². The zero-order valence-corrected chi connectivity index (χ0v) is 14.0. The van der Waals surface area contributed by atoms with Gasteiger partial charge in [0.25, 0.3) is 5.91 Å². The SMILES string of the molecule is Cc1cc(C(=O)NCC2=CCNCC2)c2ccc(Br)cc2n1. The van der Waals surface area contributed by atoms with Gasteiger partial charge in [-0.1, -0.05) is 33.6 Å². The van der Waals surface area contributed by atoms with Crippen LogP contribution in [-0.2, 0) is 0 Å². The standard InChI is InChI=1S/C17H18BrN3O/c1-11-8-15(14-3-2-13(18)9-16(14)21-11)17(22)20-10-12-4-6-19-7-5-12/h2-4,8-9,19H,5-7,10H2,1H3,(H,20,22). The number of benzene rings is 1. The van der Waals surface area contributed by atoms with Crippen LogP contribution >= 0.6 is 15.9 Å². The predicted molar refractivity (Wildman–Crippen MR) is 92.1 cm³/mol. The molecule has 2 aromatic rings. The van der Waals surface area contributed by atoms with Crippen molar-refractivity contribution in [2.75, 3.05) is 19.6 Å². The highest BCUT2D eigenvalue weighted by molar-refractivity contribution is 9.10. The van der Waals surface area contributed by atoms with Gasteiger partial charge in [-0.05, 0) is 38.1 Å². The van der Waals surface area contributed by atoms with Crippen LogP contribution in [0.1, 0.15) is 22.5 Å². The molecule has 1 aromatic carbocycles. The summed E-state index contributed by atoms with van der Waals surface area (Å²) in [5.74, 6) is -0.0442. The Bertz CT molecular complexity index is 750. The fraction of sp³-hybridized carbons (Fsp3) is 0.294. The fourth-order valence-corrected chi connectivity index (χ4v) is 2.99. The minimum absolute atomic E-state index is 0.0442. The van der Waals surface area contributed by atoms with Crippen molar-refractivity contribution in [2.45, 2.75) is 13.3 Å². The first-order chi connectivity index (χ1) is 10.6. The minimum atomic E-state index is -0.0442. The van der Waals surface area contributed by atoms with Crippen LogP contribution in [0.4, 0.5) is 0 Å². The normalized spacial score (nSPS) is 14.7. The van der Waals surface area contributed by atoms with Gasteiger partial charge in [-0.2, -0.15) is 0 Å². The lowest BCUT2D eigenvalue weighted by atomic mass is 10.1. The molecule has 0 fully saturated rings. The van der Waals surface area contributed by atoms with Crippen molar-refractivity contribution in [3.05, 3.63) is 51.6 Å². The molecule has 2 heterocycles. The first-order valence-electron chi connectivity index (χ1n) is 7.37. The number of amides is 1. The van der Waals surface area contributed by atoms with Crippen LogP contribution in [0.5, 0.6) is 0 Å². The zero-order valence-electron chi connectivity index (χ0n) is 12.4. The van der Waals surface area contributed by atoms with Gasteiger partial charge in [0, 0.05) is 28.6 Å². The number of aryl methyl sites for hydroxylation is 1. The second-order valence-corrected chi connectivity index (χ2v) is 6.39. The van der Waals surface area contributed by atoms with Crippen molar-refractivity contribution in [3.8, 4) is 0 Å². The number of aromatic nitrogens is 1. The van der Waals surface area contributed by atoms with E-state index in [0.29, 0.717) is 12.1 Å². The number of hydrogen-bond acceptors (Lipinski definition) is 3. The van der Waals surface area contributed by atoms with Gasteiger partial charge in [0.05, 0.1) is 11.1 Å². The van der Waals surface area contributed by atoms with E-state index >= 15 is 0 Å². The Hall–Kier alpha value is -1.72. The summed E-state index contributed by atoms with van der Waals surface area (Å²) in [5, 5.41) is 7.18. The van der Waals surface area contributed by atoms with Gasteiger partial charge in [-0.15, -0.1) is 0 Å². The molecular weight excluding hydrogens is 342 g/mol. The van der Waals surface area contributed by atoms with E-state index in [1.807, 2.05) is 31.2 Å². The van der Waals surface area contributed by atoms with Crippen LogP contribution in [0.2, 0.25) is 0 Å². The Morgan fingerprint density at radius 1 is 1.41 bits per heavy atom. The molecule has 0 saturated carbocycles. The van der Waals surface area contributed by atoms with Crippen LogP contribution in [-0.4, -0.2) is 30.5 Å². The maximum Gasteiger partial charge on any atom is 0.252 e. The van der Waals surface area contributed by atoms with Gasteiger partial charge in [-0.3, -0.25) is 9.78 Å². The first-order valence-corrected chi connectivity index (χ1v) is 8.16. The topological polar surface area (TPSA) is 54.0 Å². The molecule has 0 radical (unpaired) electrons. The maximum atomic E-state index is 12.5. The molecule has 2 N–H and O–H groups in total. The van der Waals surface area contributed by atoms with E-state index < -0.39 is 0 Å². The van der Waals surface area contributed by atoms with E-state index in [1.54, 1.807) is 0 Å². The van der Waals surface area contributed by atoms with Crippen LogP contribution in [0.15, 0.2) is 40.4 Å². The van der Waals surface area contributed by atoms with Crippen molar-refractivity contribution in [1.82, 2.24) is 15.6 Å². The van der Waals surface area contributed by atoms with Gasteiger partial charge in [0.15, 0.2) is 0 Å². The lowest BCUT2D eigenvalue weighted by molar-refractivity contribution is 0.0958. The van der Waals surface area contributed by atoms with Crippen molar-refractivity contribution < 1.29 is 4.79 Å². The highest BCUT2D eigenvalue weighted by Gasteiger charge is 2.13. The Balaban J connectivity index is 1.85. The minimum Gasteiger partial charge on any atom is -0.348 e. The largest absolute Gasteiger partial charge is 0.348 e.